The van der Waals surface area contributed by atoms with Crippen LogP contribution in [-0.2, 0) is 0 Å². The summed E-state index contributed by atoms with van der Waals surface area (Å²) < 4.78 is 4.26. The monoisotopic (exact) mass is 324 g/mol. The van der Waals surface area contributed by atoms with Crippen LogP contribution < -0.4 is 11.1 Å². The average Bonchev–Trinajstić information content (AvgIpc) is 3.04. The van der Waals surface area contributed by atoms with Crippen molar-refractivity contribution in [1.29, 1.82) is 0 Å². The maximum absolute atomic E-state index is 9.56. The van der Waals surface area contributed by atoms with Gasteiger partial charge in [0.25, 0.3) is 0 Å². The Labute approximate surface area is 132 Å². The van der Waals surface area contributed by atoms with Gasteiger partial charge in [0.05, 0.1) is 22.4 Å². The van der Waals surface area contributed by atoms with Crippen LogP contribution in [0.3, 0.4) is 0 Å². The van der Waals surface area contributed by atoms with Crippen LogP contribution in [0.1, 0.15) is 30.7 Å². The van der Waals surface area contributed by atoms with Crippen LogP contribution in [0.25, 0.3) is 11.3 Å². The predicted octanol–water partition coefficient (Wildman–Crippen LogP) is 3.12. The highest BCUT2D eigenvalue weighted by Gasteiger charge is 2.21. The van der Waals surface area contributed by atoms with Gasteiger partial charge < -0.3 is 16.2 Å². The molecule has 2 heterocycles. The zero-order chi connectivity index (χ0) is 14.8. The third-order valence-corrected chi connectivity index (χ3v) is 5.55. The first-order valence-electron chi connectivity index (χ1n) is 7.23. The molecular weight excluding hydrogens is 304 g/mol. The van der Waals surface area contributed by atoms with Gasteiger partial charge in [0.2, 0.25) is 0 Å². The molecule has 21 heavy (non-hydrogen) atoms. The number of hydrogen-bond acceptors (Lipinski definition) is 7. The summed E-state index contributed by atoms with van der Waals surface area (Å²) in [6.45, 7) is 2.90. The maximum atomic E-state index is 9.56. The molecule has 5 nitrogen and oxygen atoms in total. The van der Waals surface area contributed by atoms with Crippen molar-refractivity contribution in [3.8, 4) is 11.3 Å². The number of nitrogens with two attached hydrogens (primary N) is 1. The molecule has 114 valence electrons. The van der Waals surface area contributed by atoms with Gasteiger partial charge >= 0.3 is 0 Å². The minimum Gasteiger partial charge on any atom is -0.393 e. The number of thiazole rings is 1. The second-order valence-corrected chi connectivity index (χ2v) is 7.41. The molecule has 1 aliphatic rings. The van der Waals surface area contributed by atoms with E-state index in [9.17, 15) is 5.11 Å². The Morgan fingerprint density at radius 3 is 2.81 bits per heavy atom. The van der Waals surface area contributed by atoms with Gasteiger partial charge in [0.1, 0.15) is 10.8 Å². The van der Waals surface area contributed by atoms with Gasteiger partial charge in [-0.1, -0.05) is 0 Å². The van der Waals surface area contributed by atoms with E-state index in [1.54, 1.807) is 11.3 Å². The zero-order valence-electron chi connectivity index (χ0n) is 12.0. The molecule has 1 saturated carbocycles. The third kappa shape index (κ3) is 3.36. The van der Waals surface area contributed by atoms with Gasteiger partial charge in [-0.2, -0.15) is 4.37 Å². The first kappa shape index (κ1) is 14.7. The number of nitrogens with one attached hydrogen (secondary N) is 1. The minimum atomic E-state index is -0.103. The molecule has 0 saturated heterocycles. The van der Waals surface area contributed by atoms with E-state index in [1.165, 1.54) is 11.5 Å². The SMILES string of the molecule is Cc1nc(-c2c(N)nsc2NCC2CCC(O)CC2)cs1. The van der Waals surface area contributed by atoms with Crippen molar-refractivity contribution in [2.45, 2.75) is 38.7 Å². The topological polar surface area (TPSA) is 84.1 Å². The molecule has 0 amide bonds. The summed E-state index contributed by atoms with van der Waals surface area (Å²) in [7, 11) is 0. The van der Waals surface area contributed by atoms with E-state index in [2.05, 4.69) is 14.7 Å². The van der Waals surface area contributed by atoms with Gasteiger partial charge in [-0.05, 0) is 50.1 Å². The van der Waals surface area contributed by atoms with E-state index in [0.717, 1.165) is 53.5 Å². The van der Waals surface area contributed by atoms with Crippen LogP contribution in [-0.4, -0.2) is 27.1 Å². The Balaban J connectivity index is 1.69. The van der Waals surface area contributed by atoms with Crippen LogP contribution in [0.2, 0.25) is 0 Å². The van der Waals surface area contributed by atoms with Gasteiger partial charge in [0.15, 0.2) is 0 Å². The molecular formula is C14H20N4OS2. The van der Waals surface area contributed by atoms with E-state index in [1.807, 2.05) is 12.3 Å². The number of aromatic nitrogens is 2. The molecule has 1 fully saturated rings. The average molecular weight is 324 g/mol. The highest BCUT2D eigenvalue weighted by molar-refractivity contribution is 7.11. The summed E-state index contributed by atoms with van der Waals surface area (Å²) in [5, 5.41) is 17.1. The van der Waals surface area contributed by atoms with Gasteiger partial charge in [0, 0.05) is 11.9 Å². The van der Waals surface area contributed by atoms with Crippen molar-refractivity contribution >= 4 is 33.7 Å². The summed E-state index contributed by atoms with van der Waals surface area (Å²) in [5.41, 5.74) is 7.84. The summed E-state index contributed by atoms with van der Waals surface area (Å²) in [5.74, 6) is 1.16. The second kappa shape index (κ2) is 6.29. The van der Waals surface area contributed by atoms with Crippen molar-refractivity contribution in [3.63, 3.8) is 0 Å². The predicted molar refractivity (Wildman–Crippen MR) is 88.8 cm³/mol. The number of nitrogen functional groups attached to an aromatic ring is 1. The molecule has 0 unspecified atom stereocenters. The molecule has 3 rings (SSSR count). The Kier molecular flexibility index (Phi) is 4.42. The van der Waals surface area contributed by atoms with Crippen LogP contribution in [0.5, 0.6) is 0 Å². The van der Waals surface area contributed by atoms with Crippen LogP contribution in [0, 0.1) is 12.8 Å². The number of aliphatic hydroxyl groups excluding tert-OH is 1. The Hall–Kier alpha value is -1.18. The van der Waals surface area contributed by atoms with E-state index in [4.69, 9.17) is 5.73 Å². The molecule has 0 aromatic carbocycles. The Morgan fingerprint density at radius 1 is 1.38 bits per heavy atom. The van der Waals surface area contributed by atoms with Crippen molar-refractivity contribution in [2.24, 2.45) is 5.92 Å². The molecule has 4 N–H and O–H groups in total. The van der Waals surface area contributed by atoms with Gasteiger partial charge in [-0.15, -0.1) is 11.3 Å². The Bertz CT molecular complexity index is 602. The van der Waals surface area contributed by atoms with Crippen LogP contribution in [0.15, 0.2) is 5.38 Å². The lowest BCUT2D eigenvalue weighted by molar-refractivity contribution is 0.111. The molecule has 0 radical (unpaired) electrons. The fourth-order valence-corrected chi connectivity index (χ4v) is 4.07. The summed E-state index contributed by atoms with van der Waals surface area (Å²) >= 11 is 3.02. The summed E-state index contributed by atoms with van der Waals surface area (Å²) in [4.78, 5) is 4.51. The standard InChI is InChI=1S/C14H20N4OS2/c1-8-17-11(7-20-8)12-13(15)18-21-14(12)16-6-9-2-4-10(19)5-3-9/h7,9-10,16,19H,2-6H2,1H3,(H2,15,18). The van der Waals surface area contributed by atoms with Gasteiger partial charge in [-0.3, -0.25) is 0 Å². The quantitative estimate of drug-likeness (QED) is 0.805. The van der Waals surface area contributed by atoms with Crippen LogP contribution >= 0.6 is 22.9 Å². The molecule has 0 bridgehead atoms. The van der Waals surface area contributed by atoms with E-state index < -0.39 is 0 Å². The second-order valence-electron chi connectivity index (χ2n) is 5.58. The molecule has 0 aliphatic heterocycles. The number of anilines is 2. The molecule has 0 spiro atoms. The summed E-state index contributed by atoms with van der Waals surface area (Å²) in [6, 6.07) is 0. The largest absolute Gasteiger partial charge is 0.393 e. The molecule has 2 aromatic rings. The molecule has 1 aliphatic carbocycles. The van der Waals surface area contributed by atoms with Crippen molar-refractivity contribution in [2.75, 3.05) is 17.6 Å². The lowest BCUT2D eigenvalue weighted by Gasteiger charge is -2.25. The van der Waals surface area contributed by atoms with E-state index in [0.29, 0.717) is 11.7 Å². The Morgan fingerprint density at radius 2 is 2.14 bits per heavy atom. The third-order valence-electron chi connectivity index (χ3n) is 3.96. The number of rotatable bonds is 4. The van der Waals surface area contributed by atoms with Crippen molar-refractivity contribution in [3.05, 3.63) is 10.4 Å². The summed E-state index contributed by atoms with van der Waals surface area (Å²) in [6.07, 6.45) is 3.88. The first-order valence-corrected chi connectivity index (χ1v) is 8.88. The highest BCUT2D eigenvalue weighted by Crippen LogP contribution is 2.37. The minimum absolute atomic E-state index is 0.103. The lowest BCUT2D eigenvalue weighted by atomic mass is 9.87. The molecule has 2 aromatic heterocycles. The number of aryl methyl sites for hydroxylation is 1. The fraction of sp³-hybridized carbons (Fsp3) is 0.571. The maximum Gasteiger partial charge on any atom is 0.148 e. The number of nitrogens with zero attached hydrogens (tertiary/aromatic N) is 2. The van der Waals surface area contributed by atoms with E-state index >= 15 is 0 Å². The van der Waals surface area contributed by atoms with Crippen molar-refractivity contribution < 1.29 is 5.11 Å². The number of aliphatic hydroxyl groups is 1. The number of hydrogen-bond donors (Lipinski definition) is 3. The zero-order valence-corrected chi connectivity index (χ0v) is 13.6. The normalized spacial score (nSPS) is 22.4. The molecule has 7 heteroatoms. The van der Waals surface area contributed by atoms with Crippen molar-refractivity contribution in [1.82, 2.24) is 9.36 Å². The first-order chi connectivity index (χ1) is 10.1. The molecule has 0 atom stereocenters. The van der Waals surface area contributed by atoms with Gasteiger partial charge in [-0.25, -0.2) is 4.98 Å². The smallest absolute Gasteiger partial charge is 0.148 e. The van der Waals surface area contributed by atoms with Crippen LogP contribution in [0.4, 0.5) is 10.8 Å². The van der Waals surface area contributed by atoms with E-state index in [-0.39, 0.29) is 6.10 Å². The highest BCUT2D eigenvalue weighted by atomic mass is 32.1. The fourth-order valence-electron chi connectivity index (χ4n) is 2.73. The lowest BCUT2D eigenvalue weighted by Crippen LogP contribution is -2.23.